The standard InChI is InChI=1S/C24H26O3Si/c1-24-15-19(28(2,3)16-17-10-6-4-7-11-17)14-20(18-12-8-5-9-13-18)21(24)22(25)27-23(24)26/h4-14,20-21H,15-16H2,1-3H3/t20-,21-,24-/m0/s1. The molecule has 0 bridgehead atoms. The topological polar surface area (TPSA) is 43.4 Å². The molecule has 3 atom stereocenters. The fourth-order valence-electron chi connectivity index (χ4n) is 4.80. The van der Waals surface area contributed by atoms with Crippen LogP contribution in [-0.2, 0) is 20.4 Å². The molecule has 0 amide bonds. The summed E-state index contributed by atoms with van der Waals surface area (Å²) in [4.78, 5) is 25.3. The van der Waals surface area contributed by atoms with Gasteiger partial charge in [-0.2, -0.15) is 0 Å². The van der Waals surface area contributed by atoms with E-state index in [2.05, 4.69) is 43.4 Å². The van der Waals surface area contributed by atoms with E-state index in [1.807, 2.05) is 43.3 Å². The van der Waals surface area contributed by atoms with E-state index < -0.39 is 19.4 Å². The second kappa shape index (κ2) is 6.85. The molecule has 0 saturated carbocycles. The smallest absolute Gasteiger partial charge is 0.320 e. The Bertz CT molecular complexity index is 933. The number of benzene rings is 2. The number of hydrogen-bond acceptors (Lipinski definition) is 3. The highest BCUT2D eigenvalue weighted by molar-refractivity contribution is 6.83. The van der Waals surface area contributed by atoms with Crippen LogP contribution in [0.4, 0.5) is 0 Å². The molecule has 2 aromatic rings. The molecule has 2 aliphatic rings. The molecule has 1 saturated heterocycles. The first-order valence-electron chi connectivity index (χ1n) is 9.87. The van der Waals surface area contributed by atoms with Crippen molar-refractivity contribution in [3.05, 3.63) is 83.1 Å². The Morgan fingerprint density at radius 1 is 1.00 bits per heavy atom. The molecule has 144 valence electrons. The number of ether oxygens (including phenoxy) is 1. The molecule has 0 spiro atoms. The van der Waals surface area contributed by atoms with E-state index >= 15 is 0 Å². The summed E-state index contributed by atoms with van der Waals surface area (Å²) in [7, 11) is -1.83. The third-order valence-electron chi connectivity index (χ3n) is 6.44. The predicted octanol–water partition coefficient (Wildman–Crippen LogP) is 4.84. The molecule has 1 aliphatic carbocycles. The molecule has 1 aliphatic heterocycles. The van der Waals surface area contributed by atoms with E-state index in [1.165, 1.54) is 10.8 Å². The first kappa shape index (κ1) is 18.9. The number of cyclic esters (lactones) is 2. The summed E-state index contributed by atoms with van der Waals surface area (Å²) in [6, 6.07) is 21.6. The maximum absolute atomic E-state index is 12.7. The van der Waals surface area contributed by atoms with Gasteiger partial charge in [-0.1, -0.05) is 90.6 Å². The van der Waals surface area contributed by atoms with Gasteiger partial charge in [-0.05, 0) is 25.0 Å². The van der Waals surface area contributed by atoms with Crippen LogP contribution in [-0.4, -0.2) is 20.0 Å². The Kier molecular flexibility index (Phi) is 4.62. The van der Waals surface area contributed by atoms with Crippen molar-refractivity contribution in [2.75, 3.05) is 0 Å². The minimum absolute atomic E-state index is 0.114. The summed E-state index contributed by atoms with van der Waals surface area (Å²) in [5.41, 5.74) is 1.63. The van der Waals surface area contributed by atoms with Gasteiger partial charge in [0.1, 0.15) is 0 Å². The lowest BCUT2D eigenvalue weighted by atomic mass is 9.65. The number of fused-ring (bicyclic) bond motifs is 1. The van der Waals surface area contributed by atoms with Crippen molar-refractivity contribution in [1.29, 1.82) is 0 Å². The van der Waals surface area contributed by atoms with Crippen LogP contribution < -0.4 is 0 Å². The summed E-state index contributed by atoms with van der Waals surface area (Å²) in [5.74, 6) is -1.29. The highest BCUT2D eigenvalue weighted by Gasteiger charge is 2.60. The number of rotatable bonds is 4. The van der Waals surface area contributed by atoms with E-state index in [4.69, 9.17) is 4.74 Å². The first-order chi connectivity index (χ1) is 13.3. The van der Waals surface area contributed by atoms with Gasteiger partial charge in [0.2, 0.25) is 0 Å². The van der Waals surface area contributed by atoms with Crippen LogP contribution in [0.2, 0.25) is 13.1 Å². The molecular formula is C24H26O3Si. The quantitative estimate of drug-likeness (QED) is 0.426. The van der Waals surface area contributed by atoms with Crippen LogP contribution in [0.15, 0.2) is 71.9 Å². The second-order valence-electron chi connectivity index (χ2n) is 8.96. The Labute approximate surface area is 167 Å². The summed E-state index contributed by atoms with van der Waals surface area (Å²) in [6.07, 6.45) is 2.91. The molecular weight excluding hydrogens is 364 g/mol. The van der Waals surface area contributed by atoms with Crippen molar-refractivity contribution in [3.63, 3.8) is 0 Å². The van der Waals surface area contributed by atoms with Gasteiger partial charge in [-0.3, -0.25) is 9.59 Å². The average Bonchev–Trinajstić information content (AvgIpc) is 2.91. The zero-order valence-electron chi connectivity index (χ0n) is 16.6. The lowest BCUT2D eigenvalue weighted by Gasteiger charge is -2.40. The van der Waals surface area contributed by atoms with Crippen molar-refractivity contribution in [1.82, 2.24) is 0 Å². The van der Waals surface area contributed by atoms with Crippen LogP contribution in [0.5, 0.6) is 0 Å². The number of esters is 2. The fraction of sp³-hybridized carbons (Fsp3) is 0.333. The minimum Gasteiger partial charge on any atom is -0.392 e. The lowest BCUT2D eigenvalue weighted by Crippen LogP contribution is -2.44. The molecule has 0 aromatic heterocycles. The SMILES string of the molecule is C[C@]12CC([Si](C)(C)Cc3ccccc3)=C[C@@H](c3ccccc3)[C@H]1C(=O)OC2=O. The van der Waals surface area contributed by atoms with Gasteiger partial charge < -0.3 is 4.74 Å². The Morgan fingerprint density at radius 3 is 2.25 bits per heavy atom. The van der Waals surface area contributed by atoms with E-state index in [-0.39, 0.29) is 17.9 Å². The van der Waals surface area contributed by atoms with Crippen LogP contribution in [0.1, 0.15) is 30.4 Å². The maximum Gasteiger partial charge on any atom is 0.320 e. The monoisotopic (exact) mass is 390 g/mol. The molecule has 4 heteroatoms. The van der Waals surface area contributed by atoms with E-state index in [9.17, 15) is 9.59 Å². The fourth-order valence-corrected chi connectivity index (χ4v) is 7.76. The maximum atomic E-state index is 12.7. The van der Waals surface area contributed by atoms with Gasteiger partial charge in [0.25, 0.3) is 0 Å². The van der Waals surface area contributed by atoms with E-state index in [0.29, 0.717) is 6.42 Å². The highest BCUT2D eigenvalue weighted by atomic mass is 28.3. The Balaban J connectivity index is 1.78. The van der Waals surface area contributed by atoms with Crippen molar-refractivity contribution in [3.8, 4) is 0 Å². The number of hydrogen-bond donors (Lipinski definition) is 0. The highest BCUT2D eigenvalue weighted by Crippen LogP contribution is 2.54. The lowest BCUT2D eigenvalue weighted by molar-refractivity contribution is -0.155. The molecule has 0 N–H and O–H groups in total. The van der Waals surface area contributed by atoms with Gasteiger partial charge in [-0.15, -0.1) is 0 Å². The largest absolute Gasteiger partial charge is 0.392 e. The van der Waals surface area contributed by atoms with Gasteiger partial charge in [0, 0.05) is 5.92 Å². The van der Waals surface area contributed by atoms with Gasteiger partial charge in [0.15, 0.2) is 0 Å². The number of carbonyl (C=O) groups excluding carboxylic acids is 2. The zero-order valence-corrected chi connectivity index (χ0v) is 17.6. The number of allylic oxidation sites excluding steroid dienone is 2. The first-order valence-corrected chi connectivity index (χ1v) is 13.1. The summed E-state index contributed by atoms with van der Waals surface area (Å²) in [5, 5.41) is 1.36. The number of carbonyl (C=O) groups is 2. The van der Waals surface area contributed by atoms with Crippen LogP contribution in [0, 0.1) is 11.3 Å². The van der Waals surface area contributed by atoms with Gasteiger partial charge in [0.05, 0.1) is 19.4 Å². The van der Waals surface area contributed by atoms with Crippen molar-refractivity contribution < 1.29 is 14.3 Å². The molecule has 28 heavy (non-hydrogen) atoms. The second-order valence-corrected chi connectivity index (χ2v) is 13.7. The zero-order chi connectivity index (χ0) is 19.9. The third kappa shape index (κ3) is 3.16. The Morgan fingerprint density at radius 2 is 1.61 bits per heavy atom. The average molecular weight is 391 g/mol. The molecule has 1 fully saturated rings. The molecule has 2 aromatic carbocycles. The van der Waals surface area contributed by atoms with Crippen molar-refractivity contribution >= 4 is 20.0 Å². The summed E-state index contributed by atoms with van der Waals surface area (Å²) >= 11 is 0. The van der Waals surface area contributed by atoms with Crippen LogP contribution >= 0.6 is 0 Å². The third-order valence-corrected chi connectivity index (χ3v) is 9.81. The minimum atomic E-state index is -1.83. The normalized spacial score (nSPS) is 27.2. The predicted molar refractivity (Wildman–Crippen MR) is 112 cm³/mol. The van der Waals surface area contributed by atoms with Gasteiger partial charge >= 0.3 is 11.9 Å². The Hall–Kier alpha value is -2.46. The molecule has 1 heterocycles. The van der Waals surface area contributed by atoms with Crippen molar-refractivity contribution in [2.24, 2.45) is 11.3 Å². The molecule has 0 radical (unpaired) electrons. The van der Waals surface area contributed by atoms with Gasteiger partial charge in [-0.25, -0.2) is 0 Å². The summed E-state index contributed by atoms with van der Waals surface area (Å²) in [6.45, 7) is 6.64. The van der Waals surface area contributed by atoms with E-state index in [1.54, 1.807) is 0 Å². The van der Waals surface area contributed by atoms with Crippen molar-refractivity contribution in [2.45, 2.75) is 38.4 Å². The molecule has 0 unspecified atom stereocenters. The summed E-state index contributed by atoms with van der Waals surface area (Å²) < 4.78 is 5.15. The van der Waals surface area contributed by atoms with E-state index in [0.717, 1.165) is 11.6 Å². The van der Waals surface area contributed by atoms with Crippen LogP contribution in [0.25, 0.3) is 0 Å². The molecule has 4 rings (SSSR count). The molecule has 3 nitrogen and oxygen atoms in total. The van der Waals surface area contributed by atoms with Crippen LogP contribution in [0.3, 0.4) is 0 Å².